The first kappa shape index (κ1) is 20.7. The standard InChI is InChI=1S/C25H28N4O2/c1-18-5-10-21(11-6-18)27-15-16-28(22-12-7-19(2)8-13-22)25(27)20-9-14-23(26(3)4)24(17-20)29(30)31/h5-14,17,25H,15-16H2,1-4H3. The molecule has 3 aromatic rings. The molecule has 0 spiro atoms. The SMILES string of the molecule is Cc1ccc(N2CCN(c3ccc(C)cc3)C2c2ccc(N(C)C)c([N+](=O)[O-])c2)cc1. The number of hydrogen-bond acceptors (Lipinski definition) is 5. The van der Waals surface area contributed by atoms with Crippen LogP contribution in [0.1, 0.15) is 22.9 Å². The van der Waals surface area contributed by atoms with Crippen molar-refractivity contribution < 1.29 is 4.92 Å². The number of rotatable bonds is 5. The maximum atomic E-state index is 11.8. The smallest absolute Gasteiger partial charge is 0.292 e. The fourth-order valence-corrected chi connectivity index (χ4v) is 4.23. The van der Waals surface area contributed by atoms with E-state index in [9.17, 15) is 10.1 Å². The monoisotopic (exact) mass is 416 g/mol. The summed E-state index contributed by atoms with van der Waals surface area (Å²) in [5.41, 5.74) is 6.30. The molecule has 0 atom stereocenters. The fraction of sp³-hybridized carbons (Fsp3) is 0.280. The molecular weight excluding hydrogens is 388 g/mol. The Kier molecular flexibility index (Phi) is 5.55. The van der Waals surface area contributed by atoms with E-state index in [2.05, 4.69) is 72.2 Å². The highest BCUT2D eigenvalue weighted by Gasteiger charge is 2.35. The van der Waals surface area contributed by atoms with Gasteiger partial charge < -0.3 is 14.7 Å². The van der Waals surface area contributed by atoms with Crippen molar-refractivity contribution in [3.63, 3.8) is 0 Å². The summed E-state index contributed by atoms with van der Waals surface area (Å²) in [5.74, 6) is 0. The van der Waals surface area contributed by atoms with Crippen molar-refractivity contribution in [1.82, 2.24) is 0 Å². The van der Waals surface area contributed by atoms with Crippen LogP contribution in [0.15, 0.2) is 66.7 Å². The molecule has 0 aliphatic carbocycles. The summed E-state index contributed by atoms with van der Waals surface area (Å²) in [4.78, 5) is 18.0. The van der Waals surface area contributed by atoms with Gasteiger partial charge in [-0.2, -0.15) is 0 Å². The Hall–Kier alpha value is -3.54. The lowest BCUT2D eigenvalue weighted by Gasteiger charge is -2.33. The minimum absolute atomic E-state index is 0.125. The van der Waals surface area contributed by atoms with Crippen molar-refractivity contribution >= 4 is 22.7 Å². The number of nitrogens with zero attached hydrogens (tertiary/aromatic N) is 4. The lowest BCUT2D eigenvalue weighted by molar-refractivity contribution is -0.384. The molecule has 160 valence electrons. The van der Waals surface area contributed by atoms with Crippen molar-refractivity contribution in [3.05, 3.63) is 93.5 Å². The molecule has 0 saturated carbocycles. The van der Waals surface area contributed by atoms with Gasteiger partial charge in [0.05, 0.1) is 4.92 Å². The van der Waals surface area contributed by atoms with E-state index in [1.807, 2.05) is 26.2 Å². The van der Waals surface area contributed by atoms with Crippen molar-refractivity contribution in [3.8, 4) is 0 Å². The molecule has 3 aromatic carbocycles. The molecule has 6 heteroatoms. The zero-order valence-electron chi connectivity index (χ0n) is 18.4. The van der Waals surface area contributed by atoms with Crippen LogP contribution in [0.5, 0.6) is 0 Å². The maximum Gasteiger partial charge on any atom is 0.292 e. The molecule has 1 fully saturated rings. The minimum Gasteiger partial charge on any atom is -0.372 e. The highest BCUT2D eigenvalue weighted by atomic mass is 16.6. The van der Waals surface area contributed by atoms with Gasteiger partial charge in [0.15, 0.2) is 0 Å². The number of benzene rings is 3. The van der Waals surface area contributed by atoms with Gasteiger partial charge in [-0.05, 0) is 44.2 Å². The molecule has 31 heavy (non-hydrogen) atoms. The van der Waals surface area contributed by atoms with E-state index < -0.39 is 0 Å². The Morgan fingerprint density at radius 3 is 1.74 bits per heavy atom. The molecule has 1 saturated heterocycles. The van der Waals surface area contributed by atoms with E-state index in [1.165, 1.54) is 11.1 Å². The third kappa shape index (κ3) is 4.06. The van der Waals surface area contributed by atoms with Crippen LogP contribution in [-0.2, 0) is 0 Å². The number of aryl methyl sites for hydroxylation is 2. The molecule has 6 nitrogen and oxygen atoms in total. The van der Waals surface area contributed by atoms with Crippen molar-refractivity contribution in [1.29, 1.82) is 0 Å². The molecule has 0 aromatic heterocycles. The predicted octanol–water partition coefficient (Wildman–Crippen LogP) is 5.30. The summed E-state index contributed by atoms with van der Waals surface area (Å²) in [6.45, 7) is 5.83. The van der Waals surface area contributed by atoms with Crippen LogP contribution in [0, 0.1) is 24.0 Å². The van der Waals surface area contributed by atoms with Crippen LogP contribution >= 0.6 is 0 Å². The van der Waals surface area contributed by atoms with Crippen LogP contribution in [0.4, 0.5) is 22.7 Å². The fourth-order valence-electron chi connectivity index (χ4n) is 4.23. The van der Waals surface area contributed by atoms with Crippen LogP contribution in [-0.4, -0.2) is 32.1 Å². The number of nitro benzene ring substituents is 1. The summed E-state index contributed by atoms with van der Waals surface area (Å²) >= 11 is 0. The van der Waals surface area contributed by atoms with Gasteiger partial charge >= 0.3 is 0 Å². The minimum atomic E-state index is -0.291. The summed E-state index contributed by atoms with van der Waals surface area (Å²) in [7, 11) is 3.66. The molecule has 0 amide bonds. The summed E-state index contributed by atoms with van der Waals surface area (Å²) in [6.07, 6.45) is -0.125. The molecule has 4 rings (SSSR count). The highest BCUT2D eigenvalue weighted by molar-refractivity contribution is 5.66. The predicted molar refractivity (Wildman–Crippen MR) is 127 cm³/mol. The van der Waals surface area contributed by atoms with Gasteiger partial charge in [-0.25, -0.2) is 0 Å². The Bertz CT molecular complexity index is 1020. The van der Waals surface area contributed by atoms with Crippen LogP contribution in [0.2, 0.25) is 0 Å². The van der Waals surface area contributed by atoms with E-state index in [4.69, 9.17) is 0 Å². The van der Waals surface area contributed by atoms with Gasteiger partial charge in [-0.15, -0.1) is 0 Å². The second-order valence-electron chi connectivity index (χ2n) is 8.33. The normalized spacial score (nSPS) is 14.2. The number of anilines is 3. The lowest BCUT2D eigenvalue weighted by atomic mass is 10.1. The summed E-state index contributed by atoms with van der Waals surface area (Å²) in [6, 6.07) is 22.6. The third-order valence-corrected chi connectivity index (χ3v) is 5.88. The maximum absolute atomic E-state index is 11.8. The Balaban J connectivity index is 1.82. The Morgan fingerprint density at radius 2 is 1.32 bits per heavy atom. The first-order chi connectivity index (χ1) is 14.8. The number of nitro groups is 1. The molecule has 0 unspecified atom stereocenters. The first-order valence-corrected chi connectivity index (χ1v) is 10.5. The van der Waals surface area contributed by atoms with Gasteiger partial charge in [-0.1, -0.05) is 41.5 Å². The van der Waals surface area contributed by atoms with E-state index in [0.717, 1.165) is 30.0 Å². The molecule has 1 aliphatic rings. The van der Waals surface area contributed by atoms with E-state index in [-0.39, 0.29) is 16.8 Å². The highest BCUT2D eigenvalue weighted by Crippen LogP contribution is 2.40. The average molecular weight is 417 g/mol. The van der Waals surface area contributed by atoms with Crippen molar-refractivity contribution in [2.24, 2.45) is 0 Å². The summed E-state index contributed by atoms with van der Waals surface area (Å²) in [5, 5.41) is 11.8. The first-order valence-electron chi connectivity index (χ1n) is 10.5. The molecule has 0 radical (unpaired) electrons. The molecular formula is C25H28N4O2. The zero-order valence-corrected chi connectivity index (χ0v) is 18.4. The van der Waals surface area contributed by atoms with E-state index >= 15 is 0 Å². The van der Waals surface area contributed by atoms with E-state index in [0.29, 0.717) is 5.69 Å². The summed E-state index contributed by atoms with van der Waals surface area (Å²) < 4.78 is 0. The van der Waals surface area contributed by atoms with Gasteiger partial charge in [0.2, 0.25) is 0 Å². The second-order valence-corrected chi connectivity index (χ2v) is 8.33. The van der Waals surface area contributed by atoms with Gasteiger partial charge in [0.1, 0.15) is 11.9 Å². The average Bonchev–Trinajstić information content (AvgIpc) is 3.19. The molecule has 0 bridgehead atoms. The van der Waals surface area contributed by atoms with Gasteiger partial charge in [0, 0.05) is 50.2 Å². The molecule has 1 heterocycles. The zero-order chi connectivity index (χ0) is 22.1. The van der Waals surface area contributed by atoms with E-state index in [1.54, 1.807) is 11.0 Å². The molecule has 0 N–H and O–H groups in total. The third-order valence-electron chi connectivity index (χ3n) is 5.88. The molecule has 1 aliphatic heterocycles. The van der Waals surface area contributed by atoms with Crippen LogP contribution < -0.4 is 14.7 Å². The second kappa shape index (κ2) is 8.30. The van der Waals surface area contributed by atoms with Crippen LogP contribution in [0.25, 0.3) is 0 Å². The Morgan fingerprint density at radius 1 is 0.839 bits per heavy atom. The quantitative estimate of drug-likeness (QED) is 0.417. The largest absolute Gasteiger partial charge is 0.372 e. The van der Waals surface area contributed by atoms with Crippen LogP contribution in [0.3, 0.4) is 0 Å². The topological polar surface area (TPSA) is 52.9 Å². The van der Waals surface area contributed by atoms with Gasteiger partial charge in [0.25, 0.3) is 5.69 Å². The number of hydrogen-bond donors (Lipinski definition) is 0. The Labute approximate surface area is 183 Å². The van der Waals surface area contributed by atoms with Crippen molar-refractivity contribution in [2.45, 2.75) is 20.0 Å². The van der Waals surface area contributed by atoms with Crippen molar-refractivity contribution in [2.75, 3.05) is 41.9 Å². The lowest BCUT2D eigenvalue weighted by Crippen LogP contribution is -2.31. The van der Waals surface area contributed by atoms with Gasteiger partial charge in [-0.3, -0.25) is 10.1 Å².